The molecule has 0 saturated carbocycles. The Labute approximate surface area is 232 Å². The molecule has 12 heteroatoms. The molecule has 0 aliphatic heterocycles. The number of amides is 3. The highest BCUT2D eigenvalue weighted by molar-refractivity contribution is 5.94. The van der Waals surface area contributed by atoms with Gasteiger partial charge in [-0.15, -0.1) is 0 Å². The minimum Gasteiger partial charge on any atom is -0.508 e. The number of phenolic OH excluding ortho intramolecular Hbond substituents is 2. The lowest BCUT2D eigenvalue weighted by Gasteiger charge is -2.26. The van der Waals surface area contributed by atoms with Crippen molar-refractivity contribution in [1.29, 1.82) is 0 Å². The van der Waals surface area contributed by atoms with E-state index in [0.29, 0.717) is 11.1 Å². The van der Waals surface area contributed by atoms with Crippen molar-refractivity contribution in [2.45, 2.75) is 70.3 Å². The van der Waals surface area contributed by atoms with E-state index in [1.54, 1.807) is 24.3 Å². The van der Waals surface area contributed by atoms with E-state index in [9.17, 15) is 39.6 Å². The fourth-order valence-corrected chi connectivity index (χ4v) is 3.88. The Kier molecular flexibility index (Phi) is 11.9. The molecule has 0 aliphatic rings. The molecule has 2 rings (SSSR count). The topological polar surface area (TPSA) is 211 Å². The number of aliphatic carboxylic acids is 1. The lowest BCUT2D eigenvalue weighted by Crippen LogP contribution is -2.59. The second-order valence-electron chi connectivity index (χ2n) is 10.2. The maximum atomic E-state index is 13.5. The number of hydrogen-bond donors (Lipinski definition) is 8. The second-order valence-corrected chi connectivity index (χ2v) is 10.2. The van der Waals surface area contributed by atoms with E-state index in [4.69, 9.17) is 5.73 Å². The Morgan fingerprint density at radius 1 is 0.700 bits per heavy atom. The molecule has 40 heavy (non-hydrogen) atoms. The lowest BCUT2D eigenvalue weighted by atomic mass is 10.0. The minimum atomic E-state index is -1.32. The normalized spacial score (nSPS) is 14.8. The molecule has 0 aliphatic carbocycles. The van der Waals surface area contributed by atoms with E-state index >= 15 is 0 Å². The van der Waals surface area contributed by atoms with Crippen molar-refractivity contribution >= 4 is 23.7 Å². The number of aromatic hydroxyl groups is 2. The van der Waals surface area contributed by atoms with Gasteiger partial charge in [-0.25, -0.2) is 4.79 Å². The molecule has 3 amide bonds. The van der Waals surface area contributed by atoms with E-state index < -0.39 is 54.0 Å². The molecule has 218 valence electrons. The first-order chi connectivity index (χ1) is 18.8. The van der Waals surface area contributed by atoms with Gasteiger partial charge in [0.05, 0.1) is 6.10 Å². The third-order valence-corrected chi connectivity index (χ3v) is 6.16. The van der Waals surface area contributed by atoms with Gasteiger partial charge in [0.25, 0.3) is 0 Å². The number of aliphatic hydroxyl groups is 1. The molecule has 5 unspecified atom stereocenters. The zero-order chi connectivity index (χ0) is 30.0. The van der Waals surface area contributed by atoms with Gasteiger partial charge >= 0.3 is 5.97 Å². The summed E-state index contributed by atoms with van der Waals surface area (Å²) in [5.41, 5.74) is 6.89. The van der Waals surface area contributed by atoms with Crippen LogP contribution in [-0.2, 0) is 32.0 Å². The van der Waals surface area contributed by atoms with Crippen molar-refractivity contribution in [2.24, 2.45) is 11.7 Å². The van der Waals surface area contributed by atoms with E-state index in [0.717, 1.165) is 0 Å². The molecule has 0 radical (unpaired) electrons. The zero-order valence-corrected chi connectivity index (χ0v) is 22.7. The SMILES string of the molecule is CC(C)CC(NC(=O)C(Cc1ccc(O)cc1)NC(=O)C(Cc1ccc(O)cc1)NC(=O)C(N)C(C)O)C(=O)O. The molecule has 2 aromatic rings. The van der Waals surface area contributed by atoms with Crippen molar-refractivity contribution in [3.63, 3.8) is 0 Å². The third kappa shape index (κ3) is 10.2. The number of carbonyl (C=O) groups is 4. The van der Waals surface area contributed by atoms with Gasteiger partial charge in [-0.1, -0.05) is 38.1 Å². The van der Waals surface area contributed by atoms with Crippen LogP contribution in [0.1, 0.15) is 38.3 Å². The molecule has 5 atom stereocenters. The van der Waals surface area contributed by atoms with Crippen molar-refractivity contribution in [3.05, 3.63) is 59.7 Å². The van der Waals surface area contributed by atoms with Crippen LogP contribution in [0.4, 0.5) is 0 Å². The van der Waals surface area contributed by atoms with Gasteiger partial charge in [-0.05, 0) is 54.7 Å². The maximum absolute atomic E-state index is 13.5. The molecular weight excluding hydrogens is 520 g/mol. The van der Waals surface area contributed by atoms with Crippen LogP contribution in [0.25, 0.3) is 0 Å². The van der Waals surface area contributed by atoms with Crippen molar-refractivity contribution < 1.29 is 39.6 Å². The summed E-state index contributed by atoms with van der Waals surface area (Å²) < 4.78 is 0. The number of carboxylic acid groups (broad SMARTS) is 1. The number of hydrogen-bond acceptors (Lipinski definition) is 8. The number of phenols is 2. The molecule has 0 bridgehead atoms. The van der Waals surface area contributed by atoms with E-state index in [2.05, 4.69) is 16.0 Å². The van der Waals surface area contributed by atoms with Gasteiger partial charge in [0.1, 0.15) is 35.7 Å². The van der Waals surface area contributed by atoms with E-state index in [1.807, 2.05) is 13.8 Å². The first kappa shape index (κ1) is 32.1. The largest absolute Gasteiger partial charge is 0.508 e. The predicted molar refractivity (Wildman–Crippen MR) is 146 cm³/mol. The number of carbonyl (C=O) groups excluding carboxylic acids is 3. The summed E-state index contributed by atoms with van der Waals surface area (Å²) >= 11 is 0. The average molecular weight is 559 g/mol. The fraction of sp³-hybridized carbons (Fsp3) is 0.429. The van der Waals surface area contributed by atoms with Crippen LogP contribution in [0.15, 0.2) is 48.5 Å². The summed E-state index contributed by atoms with van der Waals surface area (Å²) in [5.74, 6) is -3.54. The Morgan fingerprint density at radius 2 is 1.07 bits per heavy atom. The monoisotopic (exact) mass is 558 g/mol. The molecular formula is C28H38N4O8. The van der Waals surface area contributed by atoms with Crippen LogP contribution < -0.4 is 21.7 Å². The summed E-state index contributed by atoms with van der Waals surface area (Å²) in [6.45, 7) is 4.95. The highest BCUT2D eigenvalue weighted by Gasteiger charge is 2.31. The van der Waals surface area contributed by atoms with Gasteiger partial charge in [0, 0.05) is 12.8 Å². The number of rotatable bonds is 14. The standard InChI is InChI=1S/C28H38N4O8/c1-15(2)12-23(28(39)40)32-26(37)21(13-17-4-8-19(34)9-5-17)30-25(36)22(31-27(38)24(29)16(3)33)14-18-6-10-20(35)11-7-18/h4-11,15-16,21-24,33-35H,12-14,29H2,1-3H3,(H,30,36)(H,31,38)(H,32,37)(H,39,40). The van der Waals surface area contributed by atoms with Crippen LogP contribution in [-0.4, -0.2) is 74.4 Å². The Morgan fingerprint density at radius 3 is 1.43 bits per heavy atom. The van der Waals surface area contributed by atoms with Crippen LogP contribution in [0.3, 0.4) is 0 Å². The van der Waals surface area contributed by atoms with Crippen LogP contribution >= 0.6 is 0 Å². The molecule has 0 spiro atoms. The number of nitrogens with two attached hydrogens (primary N) is 1. The van der Waals surface area contributed by atoms with Gasteiger partial charge in [0.2, 0.25) is 17.7 Å². The number of aliphatic hydroxyl groups excluding tert-OH is 1. The van der Waals surface area contributed by atoms with Gasteiger partial charge < -0.3 is 42.1 Å². The molecule has 0 aromatic heterocycles. The minimum absolute atomic E-state index is 0.00258. The Hall–Kier alpha value is -4.16. The van der Waals surface area contributed by atoms with Crippen LogP contribution in [0.5, 0.6) is 11.5 Å². The quantitative estimate of drug-likeness (QED) is 0.159. The summed E-state index contributed by atoms with van der Waals surface area (Å²) in [6.07, 6.45) is -1.11. The number of benzene rings is 2. The highest BCUT2D eigenvalue weighted by atomic mass is 16.4. The summed E-state index contributed by atoms with van der Waals surface area (Å²) in [6, 6.07) is 6.89. The first-order valence-electron chi connectivity index (χ1n) is 12.9. The van der Waals surface area contributed by atoms with Crippen LogP contribution in [0, 0.1) is 5.92 Å². The summed E-state index contributed by atoms with van der Waals surface area (Å²) in [4.78, 5) is 51.1. The van der Waals surface area contributed by atoms with Gasteiger partial charge in [-0.3, -0.25) is 14.4 Å². The Balaban J connectivity index is 2.35. The summed E-state index contributed by atoms with van der Waals surface area (Å²) in [5, 5.41) is 46.1. The lowest BCUT2D eigenvalue weighted by molar-refractivity contribution is -0.142. The van der Waals surface area contributed by atoms with E-state index in [-0.39, 0.29) is 36.7 Å². The summed E-state index contributed by atoms with van der Waals surface area (Å²) in [7, 11) is 0. The molecule has 12 nitrogen and oxygen atoms in total. The van der Waals surface area contributed by atoms with E-state index in [1.165, 1.54) is 31.2 Å². The molecule has 9 N–H and O–H groups in total. The molecule has 0 fully saturated rings. The van der Waals surface area contributed by atoms with Crippen molar-refractivity contribution in [3.8, 4) is 11.5 Å². The molecule has 0 heterocycles. The third-order valence-electron chi connectivity index (χ3n) is 6.16. The highest BCUT2D eigenvalue weighted by Crippen LogP contribution is 2.14. The Bertz CT molecular complexity index is 1150. The van der Waals surface area contributed by atoms with Gasteiger partial charge in [0.15, 0.2) is 0 Å². The smallest absolute Gasteiger partial charge is 0.326 e. The number of nitrogens with one attached hydrogen (secondary N) is 3. The average Bonchev–Trinajstić information content (AvgIpc) is 2.88. The predicted octanol–water partition coefficient (Wildman–Crippen LogP) is 0.176. The fourth-order valence-electron chi connectivity index (χ4n) is 3.88. The maximum Gasteiger partial charge on any atom is 0.326 e. The second kappa shape index (κ2) is 14.8. The molecule has 0 saturated heterocycles. The van der Waals surface area contributed by atoms with Crippen molar-refractivity contribution in [1.82, 2.24) is 16.0 Å². The van der Waals surface area contributed by atoms with Crippen molar-refractivity contribution in [2.75, 3.05) is 0 Å². The zero-order valence-electron chi connectivity index (χ0n) is 22.7. The van der Waals surface area contributed by atoms with Gasteiger partial charge in [-0.2, -0.15) is 0 Å². The van der Waals surface area contributed by atoms with Crippen LogP contribution in [0.2, 0.25) is 0 Å². The molecule has 2 aromatic carbocycles. The first-order valence-corrected chi connectivity index (χ1v) is 12.9. The number of carboxylic acids is 1.